The van der Waals surface area contributed by atoms with Gasteiger partial charge in [0.1, 0.15) is 11.5 Å². The summed E-state index contributed by atoms with van der Waals surface area (Å²) in [7, 11) is 0. The first kappa shape index (κ1) is 20.5. The summed E-state index contributed by atoms with van der Waals surface area (Å²) in [5.41, 5.74) is 1.86. The second-order valence-electron chi connectivity index (χ2n) is 6.46. The maximum Gasteiger partial charge on any atom is 0.275 e. The second kappa shape index (κ2) is 8.87. The number of aryl methyl sites for hydroxylation is 3. The molecule has 0 saturated heterocycles. The van der Waals surface area contributed by atoms with Gasteiger partial charge in [-0.05, 0) is 41.4 Å². The number of nitrogens with zero attached hydrogens (tertiary/aromatic N) is 3. The molecule has 9 heteroatoms. The molecule has 0 saturated carbocycles. The van der Waals surface area contributed by atoms with Crippen molar-refractivity contribution in [1.29, 1.82) is 0 Å². The van der Waals surface area contributed by atoms with Crippen molar-refractivity contribution in [3.8, 4) is 11.5 Å². The topological polar surface area (TPSA) is 99.3 Å². The van der Waals surface area contributed by atoms with Gasteiger partial charge in [0.15, 0.2) is 0 Å². The van der Waals surface area contributed by atoms with Crippen LogP contribution >= 0.6 is 15.9 Å². The van der Waals surface area contributed by atoms with Crippen LogP contribution in [0.1, 0.15) is 17.7 Å². The number of nitro benzene ring substituents is 1. The molecule has 1 N–H and O–H groups in total. The van der Waals surface area contributed by atoms with Crippen LogP contribution in [0, 0.1) is 24.0 Å². The third-order valence-corrected chi connectivity index (χ3v) is 4.94. The Hall–Kier alpha value is -3.20. The molecule has 0 unspecified atom stereocenters. The number of benzene rings is 2. The molecule has 3 rings (SSSR count). The summed E-state index contributed by atoms with van der Waals surface area (Å²) in [4.78, 5) is 23.1. The zero-order valence-corrected chi connectivity index (χ0v) is 17.5. The molecule has 0 aliphatic rings. The van der Waals surface area contributed by atoms with Gasteiger partial charge < -0.3 is 10.1 Å². The molecule has 2 aromatic carbocycles. The quantitative estimate of drug-likeness (QED) is 0.396. The summed E-state index contributed by atoms with van der Waals surface area (Å²) in [5.74, 6) is 0.581. The van der Waals surface area contributed by atoms with E-state index in [-0.39, 0.29) is 23.8 Å². The molecular formula is C20H19BrN4O4. The van der Waals surface area contributed by atoms with Gasteiger partial charge in [-0.15, -0.1) is 0 Å². The van der Waals surface area contributed by atoms with E-state index in [0.29, 0.717) is 18.0 Å². The first-order valence-corrected chi connectivity index (χ1v) is 9.63. The van der Waals surface area contributed by atoms with Gasteiger partial charge in [0, 0.05) is 31.3 Å². The Morgan fingerprint density at radius 2 is 2.03 bits per heavy atom. The number of carbonyl (C=O) groups is 1. The molecule has 150 valence electrons. The number of nitrogens with one attached hydrogen (secondary N) is 1. The van der Waals surface area contributed by atoms with Crippen LogP contribution in [-0.2, 0) is 11.3 Å². The molecule has 0 aliphatic carbocycles. The van der Waals surface area contributed by atoms with Gasteiger partial charge in [0.05, 0.1) is 26.8 Å². The predicted octanol–water partition coefficient (Wildman–Crippen LogP) is 4.99. The number of anilines is 1. The molecule has 1 amide bonds. The van der Waals surface area contributed by atoms with Gasteiger partial charge >= 0.3 is 0 Å². The number of ether oxygens (including phenoxy) is 1. The van der Waals surface area contributed by atoms with Gasteiger partial charge in [0.2, 0.25) is 5.91 Å². The number of nitro groups is 1. The van der Waals surface area contributed by atoms with Gasteiger partial charge in [-0.2, -0.15) is 5.10 Å². The predicted molar refractivity (Wildman–Crippen MR) is 112 cm³/mol. The van der Waals surface area contributed by atoms with Crippen molar-refractivity contribution in [2.24, 2.45) is 0 Å². The number of aromatic nitrogens is 2. The summed E-state index contributed by atoms with van der Waals surface area (Å²) >= 11 is 3.38. The van der Waals surface area contributed by atoms with Gasteiger partial charge in [-0.25, -0.2) is 0 Å². The van der Waals surface area contributed by atoms with Crippen molar-refractivity contribution in [2.45, 2.75) is 26.8 Å². The molecule has 0 spiro atoms. The molecule has 0 atom stereocenters. The molecule has 0 bridgehead atoms. The number of para-hydroxylation sites is 1. The fourth-order valence-electron chi connectivity index (χ4n) is 2.67. The number of hydrogen-bond donors (Lipinski definition) is 1. The first-order chi connectivity index (χ1) is 13.8. The van der Waals surface area contributed by atoms with E-state index in [2.05, 4.69) is 26.3 Å². The smallest absolute Gasteiger partial charge is 0.275 e. The molecule has 8 nitrogen and oxygen atoms in total. The highest BCUT2D eigenvalue weighted by atomic mass is 79.9. The average Bonchev–Trinajstić information content (AvgIpc) is 2.99. The van der Waals surface area contributed by atoms with E-state index in [0.717, 1.165) is 15.7 Å². The van der Waals surface area contributed by atoms with Crippen LogP contribution < -0.4 is 10.1 Å². The second-order valence-corrected chi connectivity index (χ2v) is 7.32. The third-order valence-electron chi connectivity index (χ3n) is 4.16. The van der Waals surface area contributed by atoms with Crippen LogP contribution in [0.15, 0.2) is 53.1 Å². The number of non-ortho nitro benzene ring substituents is 1. The molecule has 0 aliphatic heterocycles. The van der Waals surface area contributed by atoms with Crippen LogP contribution in [0.25, 0.3) is 0 Å². The zero-order chi connectivity index (χ0) is 21.0. The normalized spacial score (nSPS) is 10.6. The molecule has 29 heavy (non-hydrogen) atoms. The number of amides is 1. The van der Waals surface area contributed by atoms with E-state index in [1.807, 2.05) is 32.0 Å². The first-order valence-electron chi connectivity index (χ1n) is 8.84. The van der Waals surface area contributed by atoms with Gasteiger partial charge in [0.25, 0.3) is 5.69 Å². The minimum Gasteiger partial charge on any atom is -0.457 e. The highest BCUT2D eigenvalue weighted by Crippen LogP contribution is 2.31. The molecule has 1 aromatic heterocycles. The molecule has 0 fully saturated rings. The lowest BCUT2D eigenvalue weighted by molar-refractivity contribution is -0.384. The Labute approximate surface area is 175 Å². The van der Waals surface area contributed by atoms with Crippen LogP contribution in [0.4, 0.5) is 11.4 Å². The SMILES string of the molecule is Cc1ccccc1Oc1cc(NC(=O)CCn2cc(Br)c(C)n2)cc([N+](=O)[O-])c1. The van der Waals surface area contributed by atoms with Crippen LogP contribution in [0.2, 0.25) is 0 Å². The van der Waals surface area contributed by atoms with Crippen LogP contribution in [0.3, 0.4) is 0 Å². The summed E-state index contributed by atoms with van der Waals surface area (Å²) in [5, 5.41) is 18.2. The summed E-state index contributed by atoms with van der Waals surface area (Å²) in [6, 6.07) is 11.5. The number of carbonyl (C=O) groups excluding carboxylic acids is 1. The van der Waals surface area contributed by atoms with E-state index in [9.17, 15) is 14.9 Å². The van der Waals surface area contributed by atoms with E-state index >= 15 is 0 Å². The number of halogens is 1. The van der Waals surface area contributed by atoms with E-state index in [1.54, 1.807) is 23.0 Å². The minimum atomic E-state index is -0.523. The van der Waals surface area contributed by atoms with Crippen molar-refractivity contribution in [2.75, 3.05) is 5.32 Å². The monoisotopic (exact) mass is 458 g/mol. The fourth-order valence-corrected chi connectivity index (χ4v) is 2.98. The fraction of sp³-hybridized carbons (Fsp3) is 0.200. The number of hydrogen-bond acceptors (Lipinski definition) is 5. The maximum atomic E-state index is 12.3. The summed E-state index contributed by atoms with van der Waals surface area (Å²) in [6.45, 7) is 4.13. The molecule has 0 radical (unpaired) electrons. The van der Waals surface area contributed by atoms with Gasteiger partial charge in [-0.3, -0.25) is 19.6 Å². The zero-order valence-electron chi connectivity index (χ0n) is 15.9. The Balaban J connectivity index is 1.73. The Morgan fingerprint density at radius 1 is 1.28 bits per heavy atom. The van der Waals surface area contributed by atoms with Crippen molar-refractivity contribution in [3.63, 3.8) is 0 Å². The highest BCUT2D eigenvalue weighted by Gasteiger charge is 2.14. The van der Waals surface area contributed by atoms with Crippen molar-refractivity contribution in [3.05, 3.63) is 74.5 Å². The van der Waals surface area contributed by atoms with Crippen molar-refractivity contribution in [1.82, 2.24) is 9.78 Å². The third kappa shape index (κ3) is 5.41. The molecular weight excluding hydrogens is 440 g/mol. The largest absolute Gasteiger partial charge is 0.457 e. The lowest BCUT2D eigenvalue weighted by atomic mass is 10.2. The van der Waals surface area contributed by atoms with Crippen molar-refractivity contribution < 1.29 is 14.5 Å². The van der Waals surface area contributed by atoms with E-state index in [4.69, 9.17) is 4.74 Å². The highest BCUT2D eigenvalue weighted by molar-refractivity contribution is 9.10. The molecule has 3 aromatic rings. The Bertz CT molecular complexity index is 1040. The Morgan fingerprint density at radius 3 is 2.69 bits per heavy atom. The van der Waals surface area contributed by atoms with Crippen molar-refractivity contribution >= 4 is 33.2 Å². The minimum absolute atomic E-state index is 0.169. The average molecular weight is 459 g/mol. The number of rotatable bonds is 7. The lowest BCUT2D eigenvalue weighted by Crippen LogP contribution is -2.15. The lowest BCUT2D eigenvalue weighted by Gasteiger charge is -2.11. The van der Waals surface area contributed by atoms with Crippen LogP contribution in [-0.4, -0.2) is 20.6 Å². The summed E-state index contributed by atoms with van der Waals surface area (Å²) < 4.78 is 8.33. The van der Waals surface area contributed by atoms with E-state index in [1.165, 1.54) is 12.1 Å². The van der Waals surface area contributed by atoms with Gasteiger partial charge in [-0.1, -0.05) is 18.2 Å². The standard InChI is InChI=1S/C20H19BrN4O4/c1-13-5-3-4-6-19(13)29-17-10-15(9-16(11-17)25(27)28)22-20(26)7-8-24-12-18(21)14(2)23-24/h3-6,9-12H,7-8H2,1-2H3,(H,22,26). The maximum absolute atomic E-state index is 12.3. The van der Waals surface area contributed by atoms with Crippen LogP contribution in [0.5, 0.6) is 11.5 Å². The molecule has 1 heterocycles. The summed E-state index contributed by atoms with van der Waals surface area (Å²) in [6.07, 6.45) is 1.97. The van der Waals surface area contributed by atoms with E-state index < -0.39 is 4.92 Å². The Kier molecular flexibility index (Phi) is 6.28.